The van der Waals surface area contributed by atoms with E-state index in [4.69, 9.17) is 4.74 Å². The maximum Gasteiger partial charge on any atom is 0.408 e. The minimum atomic E-state index is -0.798. The first-order valence-corrected chi connectivity index (χ1v) is 15.0. The molecule has 0 aromatic heterocycles. The van der Waals surface area contributed by atoms with E-state index >= 15 is 0 Å². The monoisotopic (exact) mass is 545 g/mol. The van der Waals surface area contributed by atoms with E-state index in [0.717, 1.165) is 61.6 Å². The van der Waals surface area contributed by atoms with Crippen LogP contribution >= 0.6 is 0 Å². The van der Waals surface area contributed by atoms with E-state index in [1.54, 1.807) is 25.7 Å². The third kappa shape index (κ3) is 12.9. The lowest BCUT2D eigenvalue weighted by Gasteiger charge is -2.35. The van der Waals surface area contributed by atoms with Crippen LogP contribution in [0.2, 0.25) is 0 Å². The predicted octanol–water partition coefficient (Wildman–Crippen LogP) is 7.00. The van der Waals surface area contributed by atoms with Crippen molar-refractivity contribution in [1.82, 2.24) is 15.5 Å². The molecular formula is C32H55N3O4. The second kappa shape index (κ2) is 17.2. The Kier molecular flexibility index (Phi) is 15.2. The Bertz CT molecular complexity index is 907. The van der Waals surface area contributed by atoms with Crippen LogP contribution < -0.4 is 10.6 Å². The quantitative estimate of drug-likeness (QED) is 0.219. The van der Waals surface area contributed by atoms with E-state index in [1.807, 2.05) is 45.9 Å². The molecule has 2 atom stereocenters. The minimum Gasteiger partial charge on any atom is -0.444 e. The molecule has 0 saturated heterocycles. The van der Waals surface area contributed by atoms with Gasteiger partial charge in [-0.05, 0) is 76.5 Å². The number of alkyl carbamates (subject to hydrolysis) is 1. The Hall–Kier alpha value is -2.57. The summed E-state index contributed by atoms with van der Waals surface area (Å²) in [6.45, 7) is 18.7. The lowest BCUT2D eigenvalue weighted by Crippen LogP contribution is -2.53. The summed E-state index contributed by atoms with van der Waals surface area (Å²) in [5.41, 5.74) is 2.30. The second-order valence-corrected chi connectivity index (χ2v) is 12.2. The molecule has 7 nitrogen and oxygen atoms in total. The molecule has 1 aromatic rings. The Balaban J connectivity index is 3.48. The van der Waals surface area contributed by atoms with Gasteiger partial charge in [-0.1, -0.05) is 78.0 Å². The van der Waals surface area contributed by atoms with Gasteiger partial charge in [0.1, 0.15) is 17.7 Å². The van der Waals surface area contributed by atoms with E-state index in [9.17, 15) is 14.4 Å². The number of hydrogen-bond donors (Lipinski definition) is 2. The first-order chi connectivity index (χ1) is 18.3. The summed E-state index contributed by atoms with van der Waals surface area (Å²) in [5.74, 6) is -0.285. The van der Waals surface area contributed by atoms with Crippen molar-refractivity contribution in [2.45, 2.75) is 131 Å². The largest absolute Gasteiger partial charge is 0.444 e. The molecule has 3 amide bonds. The number of amides is 3. The lowest BCUT2D eigenvalue weighted by molar-refractivity contribution is -0.143. The summed E-state index contributed by atoms with van der Waals surface area (Å²) >= 11 is 0. The normalized spacial score (nSPS) is 13.1. The highest BCUT2D eigenvalue weighted by Gasteiger charge is 2.36. The fraction of sp³-hybridized carbons (Fsp3) is 0.719. The molecule has 0 aliphatic heterocycles. The molecule has 1 rings (SSSR count). The van der Waals surface area contributed by atoms with Crippen LogP contribution in [0.3, 0.4) is 0 Å². The van der Waals surface area contributed by atoms with Crippen molar-refractivity contribution >= 4 is 17.9 Å². The molecule has 0 fully saturated rings. The molecule has 2 unspecified atom stereocenters. The van der Waals surface area contributed by atoms with Gasteiger partial charge >= 0.3 is 6.09 Å². The van der Waals surface area contributed by atoms with Crippen LogP contribution in [0, 0.1) is 19.8 Å². The number of carbonyl (C=O) groups excluding carboxylic acids is 3. The third-order valence-corrected chi connectivity index (χ3v) is 6.72. The highest BCUT2D eigenvalue weighted by Crippen LogP contribution is 2.26. The maximum absolute atomic E-state index is 14.3. The fourth-order valence-corrected chi connectivity index (χ4v) is 4.49. The van der Waals surface area contributed by atoms with Gasteiger partial charge in [0.25, 0.3) is 0 Å². The highest BCUT2D eigenvalue weighted by molar-refractivity contribution is 5.92. The summed E-state index contributed by atoms with van der Waals surface area (Å²) in [6, 6.07) is 4.38. The Morgan fingerprint density at radius 2 is 1.56 bits per heavy atom. The highest BCUT2D eigenvalue weighted by atomic mass is 16.6. The van der Waals surface area contributed by atoms with Crippen LogP contribution in [0.4, 0.5) is 4.79 Å². The van der Waals surface area contributed by atoms with E-state index in [2.05, 4.69) is 24.5 Å². The summed E-state index contributed by atoms with van der Waals surface area (Å²) in [4.78, 5) is 42.5. The van der Waals surface area contributed by atoms with Crippen molar-refractivity contribution in [2.75, 3.05) is 13.1 Å². The predicted molar refractivity (Wildman–Crippen MR) is 160 cm³/mol. The SMILES string of the molecule is CCCCCCCN(C(=O)C(CC(C)C)NC(=O)OC(C)(C)C)C(C(=O)NCCCC)c1ccc(C)c(C)c1. The Morgan fingerprint density at radius 1 is 0.923 bits per heavy atom. The van der Waals surface area contributed by atoms with Crippen molar-refractivity contribution in [3.63, 3.8) is 0 Å². The molecule has 0 saturated carbocycles. The molecule has 0 spiro atoms. The zero-order valence-corrected chi connectivity index (χ0v) is 26.1. The number of rotatable bonds is 16. The lowest BCUT2D eigenvalue weighted by atomic mass is 9.96. The zero-order valence-electron chi connectivity index (χ0n) is 26.1. The van der Waals surface area contributed by atoms with Crippen LogP contribution in [0.15, 0.2) is 18.2 Å². The number of benzene rings is 1. The average molecular weight is 546 g/mol. The summed E-state index contributed by atoms with van der Waals surface area (Å²) < 4.78 is 5.49. The number of nitrogens with one attached hydrogen (secondary N) is 2. The van der Waals surface area contributed by atoms with Gasteiger partial charge in [-0.25, -0.2) is 4.79 Å². The molecule has 2 N–H and O–H groups in total. The number of aryl methyl sites for hydroxylation is 2. The summed E-state index contributed by atoms with van der Waals surface area (Å²) in [6.07, 6.45) is 6.77. The molecule has 0 bridgehead atoms. The van der Waals surface area contributed by atoms with Gasteiger partial charge in [0, 0.05) is 13.1 Å². The standard InChI is InChI=1S/C32H55N3O4/c1-10-12-14-15-16-20-35(30(37)27(21-23(3)4)34-31(38)39-32(7,8)9)28(29(36)33-19-13-11-2)26-18-17-24(5)25(6)22-26/h17-18,22-23,27-28H,10-16,19-21H2,1-9H3,(H,33,36)(H,34,38). The fourth-order valence-electron chi connectivity index (χ4n) is 4.49. The van der Waals surface area contributed by atoms with E-state index in [1.165, 1.54) is 0 Å². The first-order valence-electron chi connectivity index (χ1n) is 15.0. The summed E-state index contributed by atoms with van der Waals surface area (Å²) in [5, 5.41) is 5.90. The molecule has 0 aliphatic rings. The van der Waals surface area contributed by atoms with Crippen LogP contribution in [0.5, 0.6) is 0 Å². The van der Waals surface area contributed by atoms with Crippen LogP contribution in [0.25, 0.3) is 0 Å². The molecule has 0 radical (unpaired) electrons. The van der Waals surface area contributed by atoms with Gasteiger partial charge in [0.15, 0.2) is 0 Å². The second-order valence-electron chi connectivity index (χ2n) is 12.2. The third-order valence-electron chi connectivity index (χ3n) is 6.72. The van der Waals surface area contributed by atoms with Gasteiger partial charge in [-0.15, -0.1) is 0 Å². The van der Waals surface area contributed by atoms with Crippen molar-refractivity contribution in [3.8, 4) is 0 Å². The molecule has 0 aliphatic carbocycles. The van der Waals surface area contributed by atoms with Crippen LogP contribution in [-0.4, -0.2) is 47.5 Å². The van der Waals surface area contributed by atoms with Crippen molar-refractivity contribution in [1.29, 1.82) is 0 Å². The molecule has 1 aromatic carbocycles. The first kappa shape index (κ1) is 34.5. The number of hydrogen-bond acceptors (Lipinski definition) is 4. The Labute approximate surface area is 237 Å². The van der Waals surface area contributed by atoms with E-state index in [0.29, 0.717) is 19.5 Å². The minimum absolute atomic E-state index is 0.152. The van der Waals surface area contributed by atoms with Gasteiger partial charge in [0.05, 0.1) is 0 Å². The van der Waals surface area contributed by atoms with E-state index in [-0.39, 0.29) is 17.7 Å². The molecular weight excluding hydrogens is 490 g/mol. The zero-order chi connectivity index (χ0) is 29.6. The molecule has 7 heteroatoms. The number of ether oxygens (including phenoxy) is 1. The smallest absolute Gasteiger partial charge is 0.408 e. The van der Waals surface area contributed by atoms with Crippen molar-refractivity contribution in [2.24, 2.45) is 5.92 Å². The number of unbranched alkanes of at least 4 members (excludes halogenated alkanes) is 5. The van der Waals surface area contributed by atoms with Gasteiger partial charge < -0.3 is 20.3 Å². The van der Waals surface area contributed by atoms with Crippen LogP contribution in [0.1, 0.15) is 123 Å². The van der Waals surface area contributed by atoms with Crippen molar-refractivity contribution in [3.05, 3.63) is 34.9 Å². The van der Waals surface area contributed by atoms with Gasteiger partial charge in [0.2, 0.25) is 11.8 Å². The summed E-state index contributed by atoms with van der Waals surface area (Å²) in [7, 11) is 0. The molecule has 0 heterocycles. The molecule has 222 valence electrons. The molecule has 39 heavy (non-hydrogen) atoms. The average Bonchev–Trinajstić information content (AvgIpc) is 2.83. The van der Waals surface area contributed by atoms with E-state index < -0.39 is 23.8 Å². The van der Waals surface area contributed by atoms with Crippen molar-refractivity contribution < 1.29 is 19.1 Å². The van der Waals surface area contributed by atoms with Crippen LogP contribution in [-0.2, 0) is 14.3 Å². The van der Waals surface area contributed by atoms with Gasteiger partial charge in [-0.2, -0.15) is 0 Å². The maximum atomic E-state index is 14.3. The Morgan fingerprint density at radius 3 is 2.13 bits per heavy atom. The number of nitrogens with zero attached hydrogens (tertiary/aromatic N) is 1. The number of carbonyl (C=O) groups is 3. The topological polar surface area (TPSA) is 87.7 Å². The van der Waals surface area contributed by atoms with Gasteiger partial charge in [-0.3, -0.25) is 9.59 Å².